The summed E-state index contributed by atoms with van der Waals surface area (Å²) in [6.45, 7) is 4.32. The van der Waals surface area contributed by atoms with Gasteiger partial charge in [0.1, 0.15) is 5.82 Å². The van der Waals surface area contributed by atoms with Crippen LogP contribution < -0.4 is 0 Å². The molecule has 0 fully saturated rings. The third-order valence-corrected chi connectivity index (χ3v) is 6.03. The summed E-state index contributed by atoms with van der Waals surface area (Å²) in [6, 6.07) is 34.5. The van der Waals surface area contributed by atoms with Gasteiger partial charge in [0.15, 0.2) is 0 Å². The SMILES string of the molecule is Cc1cc(C)cc(-n2c(-c3ccccc3)nc3c4ccccc4c4ccccc4c32)c1. The van der Waals surface area contributed by atoms with E-state index >= 15 is 0 Å². The van der Waals surface area contributed by atoms with Gasteiger partial charge in [0.2, 0.25) is 0 Å². The molecule has 0 spiro atoms. The van der Waals surface area contributed by atoms with Crippen LogP contribution in [0.5, 0.6) is 0 Å². The molecule has 0 N–H and O–H groups in total. The average Bonchev–Trinajstić information content (AvgIpc) is 3.20. The van der Waals surface area contributed by atoms with Crippen molar-refractivity contribution in [1.29, 1.82) is 0 Å². The first-order valence-corrected chi connectivity index (χ1v) is 10.7. The van der Waals surface area contributed by atoms with Gasteiger partial charge in [-0.25, -0.2) is 4.98 Å². The molecule has 0 atom stereocenters. The van der Waals surface area contributed by atoms with Gasteiger partial charge in [-0.15, -0.1) is 0 Å². The highest BCUT2D eigenvalue weighted by Crippen LogP contribution is 2.39. The summed E-state index contributed by atoms with van der Waals surface area (Å²) in [5, 5.41) is 4.92. The summed E-state index contributed by atoms with van der Waals surface area (Å²) >= 11 is 0. The number of nitrogens with zero attached hydrogens (tertiary/aromatic N) is 2. The fourth-order valence-corrected chi connectivity index (χ4v) is 4.82. The van der Waals surface area contributed by atoms with E-state index < -0.39 is 0 Å². The number of hydrogen-bond acceptors (Lipinski definition) is 1. The van der Waals surface area contributed by atoms with Gasteiger partial charge in [-0.2, -0.15) is 0 Å². The number of aromatic nitrogens is 2. The predicted octanol–water partition coefficient (Wildman–Crippen LogP) is 7.62. The smallest absolute Gasteiger partial charge is 0.145 e. The molecule has 0 aliphatic rings. The van der Waals surface area contributed by atoms with Crippen LogP contribution >= 0.6 is 0 Å². The molecule has 31 heavy (non-hydrogen) atoms. The first-order valence-electron chi connectivity index (χ1n) is 10.7. The number of imidazole rings is 1. The summed E-state index contributed by atoms with van der Waals surface area (Å²) in [6.07, 6.45) is 0. The Morgan fingerprint density at radius 1 is 0.581 bits per heavy atom. The average molecular weight is 399 g/mol. The highest BCUT2D eigenvalue weighted by atomic mass is 15.1. The zero-order chi connectivity index (χ0) is 20.9. The van der Waals surface area contributed by atoms with Crippen molar-refractivity contribution in [3.05, 3.63) is 108 Å². The third-order valence-electron chi connectivity index (χ3n) is 6.03. The molecule has 2 nitrogen and oxygen atoms in total. The van der Waals surface area contributed by atoms with Gasteiger partial charge in [-0.05, 0) is 47.9 Å². The van der Waals surface area contributed by atoms with Crippen molar-refractivity contribution in [3.63, 3.8) is 0 Å². The maximum absolute atomic E-state index is 5.26. The van der Waals surface area contributed by atoms with E-state index in [0.717, 1.165) is 28.1 Å². The van der Waals surface area contributed by atoms with Crippen molar-refractivity contribution in [1.82, 2.24) is 9.55 Å². The molecule has 6 aromatic rings. The molecule has 1 aromatic heterocycles. The number of fused-ring (bicyclic) bond motifs is 6. The maximum atomic E-state index is 5.26. The Balaban J connectivity index is 1.89. The van der Waals surface area contributed by atoms with Crippen LogP contribution in [0.4, 0.5) is 0 Å². The molecule has 0 bridgehead atoms. The van der Waals surface area contributed by atoms with E-state index in [0.29, 0.717) is 0 Å². The molecule has 0 saturated carbocycles. The van der Waals surface area contributed by atoms with Crippen molar-refractivity contribution < 1.29 is 0 Å². The Hall–Kier alpha value is -3.91. The molecule has 148 valence electrons. The van der Waals surface area contributed by atoms with E-state index in [1.54, 1.807) is 0 Å². The maximum Gasteiger partial charge on any atom is 0.145 e. The topological polar surface area (TPSA) is 17.8 Å². The fraction of sp³-hybridized carbons (Fsp3) is 0.0690. The van der Waals surface area contributed by atoms with Crippen molar-refractivity contribution in [2.75, 3.05) is 0 Å². The van der Waals surface area contributed by atoms with E-state index in [2.05, 4.69) is 115 Å². The molecule has 0 aliphatic carbocycles. The van der Waals surface area contributed by atoms with Crippen molar-refractivity contribution >= 4 is 32.6 Å². The summed E-state index contributed by atoms with van der Waals surface area (Å²) < 4.78 is 2.35. The second-order valence-corrected chi connectivity index (χ2v) is 8.27. The quantitative estimate of drug-likeness (QED) is 0.274. The Morgan fingerprint density at radius 2 is 1.13 bits per heavy atom. The first kappa shape index (κ1) is 17.9. The molecule has 6 rings (SSSR count). The summed E-state index contributed by atoms with van der Waals surface area (Å²) in [4.78, 5) is 5.26. The van der Waals surface area contributed by atoms with Crippen LogP contribution in [0.25, 0.3) is 49.7 Å². The molecule has 0 saturated heterocycles. The van der Waals surface area contributed by atoms with E-state index in [1.165, 1.54) is 32.7 Å². The zero-order valence-corrected chi connectivity index (χ0v) is 17.6. The molecule has 0 aliphatic heterocycles. The van der Waals surface area contributed by atoms with Crippen LogP contribution in [0.15, 0.2) is 97.1 Å². The Kier molecular flexibility index (Phi) is 3.94. The summed E-state index contributed by atoms with van der Waals surface area (Å²) in [7, 11) is 0. The van der Waals surface area contributed by atoms with Crippen LogP contribution in [-0.2, 0) is 0 Å². The largest absolute Gasteiger partial charge is 0.292 e. The number of benzene rings is 5. The van der Waals surface area contributed by atoms with Crippen LogP contribution in [0.1, 0.15) is 11.1 Å². The van der Waals surface area contributed by atoms with Crippen molar-refractivity contribution in [2.45, 2.75) is 13.8 Å². The third kappa shape index (κ3) is 2.76. The molecule has 2 heteroatoms. The lowest BCUT2D eigenvalue weighted by molar-refractivity contribution is 1.09. The normalized spacial score (nSPS) is 11.5. The van der Waals surface area contributed by atoms with E-state index in [9.17, 15) is 0 Å². The second-order valence-electron chi connectivity index (χ2n) is 8.27. The van der Waals surface area contributed by atoms with Gasteiger partial charge in [-0.1, -0.05) is 84.9 Å². The molecule has 0 amide bonds. The fourth-order valence-electron chi connectivity index (χ4n) is 4.82. The molecule has 0 radical (unpaired) electrons. The minimum atomic E-state index is 0.974. The van der Waals surface area contributed by atoms with E-state index in [4.69, 9.17) is 4.98 Å². The Morgan fingerprint density at radius 3 is 1.81 bits per heavy atom. The Bertz CT molecular complexity index is 1570. The van der Waals surface area contributed by atoms with E-state index in [1.807, 2.05) is 0 Å². The van der Waals surface area contributed by atoms with Crippen molar-refractivity contribution in [3.8, 4) is 17.1 Å². The first-order chi connectivity index (χ1) is 15.2. The monoisotopic (exact) mass is 398 g/mol. The summed E-state index contributed by atoms with van der Waals surface area (Å²) in [5.74, 6) is 0.974. The minimum absolute atomic E-state index is 0.974. The van der Waals surface area contributed by atoms with Gasteiger partial charge in [-0.3, -0.25) is 4.57 Å². The van der Waals surface area contributed by atoms with Crippen LogP contribution in [0, 0.1) is 13.8 Å². The van der Waals surface area contributed by atoms with Gasteiger partial charge in [0.05, 0.1) is 11.0 Å². The molecular formula is C29H22N2. The number of hydrogen-bond donors (Lipinski definition) is 0. The number of rotatable bonds is 2. The molecular weight excluding hydrogens is 376 g/mol. The lowest BCUT2D eigenvalue weighted by Gasteiger charge is -2.14. The lowest BCUT2D eigenvalue weighted by Crippen LogP contribution is -1.99. The standard InChI is InChI=1S/C29H22N2/c1-19-16-20(2)18-22(17-19)31-28-26-15-9-7-13-24(26)23-12-6-8-14-25(23)27(28)30-29(31)21-10-4-3-5-11-21/h3-18H,1-2H3. The zero-order valence-electron chi connectivity index (χ0n) is 17.6. The van der Waals surface area contributed by atoms with E-state index in [-0.39, 0.29) is 0 Å². The highest BCUT2D eigenvalue weighted by molar-refractivity contribution is 6.24. The van der Waals surface area contributed by atoms with Gasteiger partial charge < -0.3 is 0 Å². The van der Waals surface area contributed by atoms with Crippen LogP contribution in [0.2, 0.25) is 0 Å². The Labute approximate surface area is 181 Å². The van der Waals surface area contributed by atoms with Gasteiger partial charge in [0, 0.05) is 22.0 Å². The molecule has 1 heterocycles. The van der Waals surface area contributed by atoms with Crippen molar-refractivity contribution in [2.24, 2.45) is 0 Å². The molecule has 0 unspecified atom stereocenters. The van der Waals surface area contributed by atoms with Crippen LogP contribution in [-0.4, -0.2) is 9.55 Å². The second kappa shape index (κ2) is 6.82. The van der Waals surface area contributed by atoms with Gasteiger partial charge in [0.25, 0.3) is 0 Å². The van der Waals surface area contributed by atoms with Gasteiger partial charge >= 0.3 is 0 Å². The summed E-state index contributed by atoms with van der Waals surface area (Å²) in [5.41, 5.74) is 6.98. The predicted molar refractivity (Wildman–Crippen MR) is 131 cm³/mol. The lowest BCUT2D eigenvalue weighted by atomic mass is 10.00. The highest BCUT2D eigenvalue weighted by Gasteiger charge is 2.20. The minimum Gasteiger partial charge on any atom is -0.292 e. The number of aryl methyl sites for hydroxylation is 2. The van der Waals surface area contributed by atoms with Crippen LogP contribution in [0.3, 0.4) is 0 Å². The molecule has 5 aromatic carbocycles.